The lowest BCUT2D eigenvalue weighted by molar-refractivity contribution is 0.0239. The number of carbonyl (C=O) groups excluding carboxylic acids is 1. The van der Waals surface area contributed by atoms with Gasteiger partial charge in [-0.2, -0.15) is 21.8 Å². The summed E-state index contributed by atoms with van der Waals surface area (Å²) >= 11 is 0. The van der Waals surface area contributed by atoms with Crippen LogP contribution in [0.3, 0.4) is 0 Å². The van der Waals surface area contributed by atoms with Crippen molar-refractivity contribution in [2.45, 2.75) is 56.1 Å². The first kappa shape index (κ1) is 44.1. The summed E-state index contributed by atoms with van der Waals surface area (Å²) in [6, 6.07) is 5.72. The molecule has 6 N–H and O–H groups in total. The fourth-order valence-electron chi connectivity index (χ4n) is 7.53. The number of nitrogens with two attached hydrogens (primary N) is 2. The quantitative estimate of drug-likeness (QED) is 0.0853. The molecule has 0 amide bonds. The Morgan fingerprint density at radius 3 is 2.30 bits per heavy atom. The number of fused-ring (bicyclic) bond motifs is 1. The van der Waals surface area contributed by atoms with Gasteiger partial charge in [0.05, 0.1) is 49.6 Å². The molecule has 2 fully saturated rings. The van der Waals surface area contributed by atoms with Crippen LogP contribution in [0.1, 0.15) is 71.7 Å². The molecule has 19 nitrogen and oxygen atoms in total. The van der Waals surface area contributed by atoms with E-state index in [0.29, 0.717) is 81.0 Å². The standard InChI is InChI=1S/C39H46N6O13S2/c1-54-32-20-25(18-27-21-42-38(41)43-37(27)40)17-26(35(32)55-2)9-8-24-16-28(22-59(48,49)50)33-30(19-24)45(29-6-4-3-5-7-29)31(23-60(51,52)53)36(34(33)46)58-39(47)57-15-12-44-10-13-56-14-11-44/h16-17,19-21,29H,3-7,10-15,18,22-23H2,1-2H3,(H,48,49,50)(H,51,52,53)(H4,40,41,42,43). The van der Waals surface area contributed by atoms with Crippen LogP contribution >= 0.6 is 0 Å². The van der Waals surface area contributed by atoms with Crippen molar-refractivity contribution in [1.82, 2.24) is 19.4 Å². The zero-order chi connectivity index (χ0) is 43.2. The average molecular weight is 871 g/mol. The van der Waals surface area contributed by atoms with E-state index in [1.165, 1.54) is 37.1 Å². The molecule has 1 aliphatic carbocycles. The number of nitrogens with zero attached hydrogens (tertiary/aromatic N) is 4. The highest BCUT2D eigenvalue weighted by molar-refractivity contribution is 7.85. The number of aromatic nitrogens is 3. The third-order valence-corrected chi connectivity index (χ3v) is 11.5. The Bertz CT molecular complexity index is 2610. The molecule has 2 aromatic carbocycles. The Morgan fingerprint density at radius 2 is 1.65 bits per heavy atom. The summed E-state index contributed by atoms with van der Waals surface area (Å²) in [6.45, 7) is 2.44. The summed E-state index contributed by atoms with van der Waals surface area (Å²) in [5.41, 5.74) is 11.9. The summed E-state index contributed by atoms with van der Waals surface area (Å²) in [6.07, 6.45) is 3.73. The van der Waals surface area contributed by atoms with E-state index < -0.39 is 55.1 Å². The number of rotatable bonds is 13. The molecule has 2 aromatic heterocycles. The molecular formula is C39H46N6O13S2. The predicted octanol–water partition coefficient (Wildman–Crippen LogP) is 3.09. The third-order valence-electron chi connectivity index (χ3n) is 10.1. The molecule has 0 radical (unpaired) electrons. The van der Waals surface area contributed by atoms with Crippen LogP contribution < -0.4 is 31.1 Å². The smallest absolute Gasteiger partial charge is 0.493 e. The first-order chi connectivity index (χ1) is 28.5. The largest absolute Gasteiger partial charge is 0.514 e. The van der Waals surface area contributed by atoms with Gasteiger partial charge in [-0.25, -0.2) is 9.78 Å². The number of benzene rings is 2. The van der Waals surface area contributed by atoms with Gasteiger partial charge in [-0.15, -0.1) is 0 Å². The van der Waals surface area contributed by atoms with Crippen LogP contribution in [-0.2, 0) is 47.6 Å². The van der Waals surface area contributed by atoms with Crippen molar-refractivity contribution < 1.29 is 54.4 Å². The van der Waals surface area contributed by atoms with Crippen LogP contribution in [0.4, 0.5) is 16.6 Å². The van der Waals surface area contributed by atoms with Gasteiger partial charge in [0.15, 0.2) is 11.5 Å². The van der Waals surface area contributed by atoms with Gasteiger partial charge in [0.2, 0.25) is 17.1 Å². The zero-order valence-corrected chi connectivity index (χ0v) is 34.6. The monoisotopic (exact) mass is 870 g/mol. The van der Waals surface area contributed by atoms with Crippen molar-refractivity contribution in [2.24, 2.45) is 0 Å². The van der Waals surface area contributed by atoms with Crippen molar-refractivity contribution in [3.63, 3.8) is 0 Å². The summed E-state index contributed by atoms with van der Waals surface area (Å²) < 4.78 is 99.4. The molecule has 6 rings (SSSR count). The number of hydrogen-bond acceptors (Lipinski definition) is 16. The minimum absolute atomic E-state index is 0.0132. The number of pyridine rings is 1. The van der Waals surface area contributed by atoms with Crippen molar-refractivity contribution in [3.05, 3.63) is 74.2 Å². The van der Waals surface area contributed by atoms with Crippen molar-refractivity contribution in [1.29, 1.82) is 0 Å². The lowest BCUT2D eigenvalue weighted by atomic mass is 9.93. The van der Waals surface area contributed by atoms with Crippen molar-refractivity contribution >= 4 is 49.1 Å². The molecule has 21 heteroatoms. The Balaban J connectivity index is 1.53. The minimum atomic E-state index is -4.88. The Hall–Kier alpha value is -5.50. The lowest BCUT2D eigenvalue weighted by Gasteiger charge is -2.30. The fourth-order valence-corrected chi connectivity index (χ4v) is 8.77. The molecule has 2 aliphatic rings. The topological polar surface area (TPSA) is 275 Å². The molecule has 1 saturated carbocycles. The van der Waals surface area contributed by atoms with Gasteiger partial charge in [0, 0.05) is 49.4 Å². The summed E-state index contributed by atoms with van der Waals surface area (Å²) in [5.74, 6) is 3.87. The Labute approximate surface area is 346 Å². The van der Waals surface area contributed by atoms with Gasteiger partial charge < -0.3 is 39.7 Å². The number of carbonyl (C=O) groups is 1. The predicted molar refractivity (Wildman–Crippen MR) is 219 cm³/mol. The second-order valence-electron chi connectivity index (χ2n) is 14.3. The average Bonchev–Trinajstić information content (AvgIpc) is 3.19. The van der Waals surface area contributed by atoms with E-state index in [1.807, 2.05) is 4.90 Å². The second-order valence-corrected chi connectivity index (χ2v) is 17.3. The Kier molecular flexibility index (Phi) is 13.8. The summed E-state index contributed by atoms with van der Waals surface area (Å²) in [5, 5.41) is -0.275. The Morgan fingerprint density at radius 1 is 0.933 bits per heavy atom. The second kappa shape index (κ2) is 18.8. The van der Waals surface area contributed by atoms with Crippen molar-refractivity contribution in [2.75, 3.05) is 65.1 Å². The van der Waals surface area contributed by atoms with E-state index >= 15 is 0 Å². The highest BCUT2D eigenvalue weighted by Crippen LogP contribution is 2.37. The first-order valence-corrected chi connectivity index (χ1v) is 22.2. The van der Waals surface area contributed by atoms with Gasteiger partial charge in [-0.1, -0.05) is 31.1 Å². The maximum Gasteiger partial charge on any atom is 0.514 e. The number of methoxy groups -OCH3 is 2. The number of ether oxygens (including phenoxy) is 5. The van der Waals surface area contributed by atoms with E-state index in [2.05, 4.69) is 21.8 Å². The van der Waals surface area contributed by atoms with Crippen LogP contribution in [0.25, 0.3) is 10.9 Å². The van der Waals surface area contributed by atoms with E-state index in [0.717, 1.165) is 6.42 Å². The molecule has 0 bridgehead atoms. The summed E-state index contributed by atoms with van der Waals surface area (Å²) in [4.78, 5) is 37.7. The molecule has 1 saturated heterocycles. The molecule has 322 valence electrons. The van der Waals surface area contributed by atoms with Gasteiger partial charge >= 0.3 is 6.16 Å². The SMILES string of the molecule is COc1cc(Cc2cnc(N)nc2N)cc(C#Cc2cc(CS(=O)(=O)O)c3c(=O)c(OC(=O)OCCN4CCOCC4)c(CS(=O)(=O)O)n(C4CCCCC4)c3c2)c1OC. The first-order valence-electron chi connectivity index (χ1n) is 19.0. The van der Waals surface area contributed by atoms with Gasteiger partial charge in [0.25, 0.3) is 20.2 Å². The van der Waals surface area contributed by atoms with Crippen molar-refractivity contribution in [3.8, 4) is 29.1 Å². The normalized spacial score (nSPS) is 15.3. The number of morpholine rings is 1. The highest BCUT2D eigenvalue weighted by atomic mass is 32.2. The molecular weight excluding hydrogens is 825 g/mol. The fraction of sp³-hybridized carbons (Fsp3) is 0.436. The van der Waals surface area contributed by atoms with Crippen LogP contribution in [0.2, 0.25) is 0 Å². The van der Waals surface area contributed by atoms with Crippen LogP contribution in [0, 0.1) is 11.8 Å². The highest BCUT2D eigenvalue weighted by Gasteiger charge is 2.31. The van der Waals surface area contributed by atoms with E-state index in [4.69, 9.17) is 35.2 Å². The maximum absolute atomic E-state index is 14.5. The van der Waals surface area contributed by atoms with Crippen LogP contribution in [0.15, 0.2) is 35.3 Å². The minimum Gasteiger partial charge on any atom is -0.493 e. The maximum atomic E-state index is 14.5. The van der Waals surface area contributed by atoms with Crippen LogP contribution in [0.5, 0.6) is 17.2 Å². The molecule has 4 aromatic rings. The van der Waals surface area contributed by atoms with E-state index in [9.17, 15) is 35.5 Å². The van der Waals surface area contributed by atoms with Gasteiger partial charge in [0.1, 0.15) is 23.9 Å². The molecule has 0 spiro atoms. The van der Waals surface area contributed by atoms with Gasteiger partial charge in [-0.05, 0) is 48.2 Å². The third kappa shape index (κ3) is 11.0. The van der Waals surface area contributed by atoms with Gasteiger partial charge in [-0.3, -0.25) is 18.8 Å². The molecule has 0 unspecified atom stereocenters. The van der Waals surface area contributed by atoms with Crippen LogP contribution in [-0.4, -0.2) is 105 Å². The molecule has 3 heterocycles. The molecule has 60 heavy (non-hydrogen) atoms. The number of hydrogen-bond donors (Lipinski definition) is 4. The summed E-state index contributed by atoms with van der Waals surface area (Å²) in [7, 11) is -6.81. The zero-order valence-electron chi connectivity index (χ0n) is 33.0. The lowest BCUT2D eigenvalue weighted by Crippen LogP contribution is -2.38. The van der Waals surface area contributed by atoms with E-state index in [-0.39, 0.29) is 58.3 Å². The number of nitrogen functional groups attached to an aromatic ring is 2. The van der Waals surface area contributed by atoms with E-state index in [1.54, 1.807) is 12.1 Å². The molecule has 0 atom stereocenters. The number of anilines is 2. The molecule has 1 aliphatic heterocycles.